The zero-order valence-electron chi connectivity index (χ0n) is 15.6. The number of rotatable bonds is 6. The second kappa shape index (κ2) is 8.86. The van der Waals surface area contributed by atoms with Gasteiger partial charge in [-0.25, -0.2) is 8.42 Å². The van der Waals surface area contributed by atoms with Gasteiger partial charge in [-0.15, -0.1) is 0 Å². The Kier molecular flexibility index (Phi) is 6.51. The summed E-state index contributed by atoms with van der Waals surface area (Å²) in [6, 6.07) is 6.39. The molecule has 0 saturated carbocycles. The molecule has 2 aliphatic rings. The maximum absolute atomic E-state index is 12.8. The van der Waals surface area contributed by atoms with Crippen LogP contribution >= 0.6 is 0 Å². The van der Waals surface area contributed by atoms with Crippen molar-refractivity contribution in [1.29, 1.82) is 0 Å². The summed E-state index contributed by atoms with van der Waals surface area (Å²) in [6.45, 7) is 3.11. The van der Waals surface area contributed by atoms with E-state index in [2.05, 4.69) is 16.7 Å². The Morgan fingerprint density at radius 1 is 1.26 bits per heavy atom. The Morgan fingerprint density at radius 3 is 2.56 bits per heavy atom. The second-order valence-electron chi connectivity index (χ2n) is 6.89. The highest BCUT2D eigenvalue weighted by Gasteiger charge is 2.32. The molecule has 2 heterocycles. The number of hydrogen-bond acceptors (Lipinski definition) is 5. The molecule has 0 spiro atoms. The van der Waals surface area contributed by atoms with Gasteiger partial charge in [0.15, 0.2) is 0 Å². The number of sulfonamides is 1. The lowest BCUT2D eigenvalue weighted by atomic mass is 9.97. The van der Waals surface area contributed by atoms with Gasteiger partial charge in [0.05, 0.1) is 12.0 Å². The zero-order valence-corrected chi connectivity index (χ0v) is 16.4. The van der Waals surface area contributed by atoms with E-state index in [1.807, 2.05) is 0 Å². The molecule has 0 aliphatic carbocycles. The smallest absolute Gasteiger partial charge is 0.243 e. The van der Waals surface area contributed by atoms with Gasteiger partial charge in [-0.3, -0.25) is 4.79 Å². The van der Waals surface area contributed by atoms with Crippen LogP contribution in [-0.4, -0.2) is 58.5 Å². The summed E-state index contributed by atoms with van der Waals surface area (Å²) < 4.78 is 32.1. The van der Waals surface area contributed by atoms with E-state index in [4.69, 9.17) is 4.74 Å². The van der Waals surface area contributed by atoms with Crippen molar-refractivity contribution in [1.82, 2.24) is 14.9 Å². The minimum absolute atomic E-state index is 0.0240. The molecule has 1 aromatic carbocycles. The van der Waals surface area contributed by atoms with Crippen LogP contribution in [0, 0.1) is 5.92 Å². The van der Waals surface area contributed by atoms with Crippen molar-refractivity contribution < 1.29 is 17.9 Å². The largest absolute Gasteiger partial charge is 0.497 e. The molecular formula is C19H27N3O4S. The summed E-state index contributed by atoms with van der Waals surface area (Å²) in [6.07, 6.45) is 4.16. The molecule has 7 nitrogen and oxygen atoms in total. The third-order valence-corrected chi connectivity index (χ3v) is 7.08. The summed E-state index contributed by atoms with van der Waals surface area (Å²) in [4.78, 5) is 12.7. The first-order chi connectivity index (χ1) is 13.0. The Labute approximate surface area is 160 Å². The van der Waals surface area contributed by atoms with Gasteiger partial charge in [0.1, 0.15) is 5.75 Å². The molecule has 1 saturated heterocycles. The summed E-state index contributed by atoms with van der Waals surface area (Å²) in [7, 11) is -1.99. The molecule has 1 aromatic rings. The molecule has 0 aromatic heterocycles. The highest BCUT2D eigenvalue weighted by molar-refractivity contribution is 7.89. The van der Waals surface area contributed by atoms with Crippen molar-refractivity contribution in [3.8, 4) is 5.75 Å². The lowest BCUT2D eigenvalue weighted by Gasteiger charge is -2.30. The number of nitrogens with one attached hydrogen (secondary N) is 2. The van der Waals surface area contributed by atoms with Crippen molar-refractivity contribution in [3.05, 3.63) is 35.9 Å². The van der Waals surface area contributed by atoms with Crippen LogP contribution in [0.1, 0.15) is 19.3 Å². The van der Waals surface area contributed by atoms with E-state index in [0.29, 0.717) is 38.2 Å². The van der Waals surface area contributed by atoms with Crippen molar-refractivity contribution in [2.75, 3.05) is 39.8 Å². The third kappa shape index (κ3) is 4.88. The second-order valence-corrected chi connectivity index (χ2v) is 8.83. The molecule has 148 valence electrons. The molecule has 0 bridgehead atoms. The number of hydrogen-bond donors (Lipinski definition) is 2. The normalized spacial score (nSPS) is 19.4. The zero-order chi connectivity index (χ0) is 19.3. The summed E-state index contributed by atoms with van der Waals surface area (Å²) in [5.41, 5.74) is 1.25. The van der Waals surface area contributed by atoms with Crippen molar-refractivity contribution in [2.45, 2.75) is 24.2 Å². The Balaban J connectivity index is 1.52. The van der Waals surface area contributed by atoms with E-state index in [1.54, 1.807) is 31.4 Å². The summed E-state index contributed by atoms with van der Waals surface area (Å²) in [5.74, 6) is 0.513. The van der Waals surface area contributed by atoms with Crippen molar-refractivity contribution >= 4 is 15.9 Å². The first kappa shape index (κ1) is 19.9. The molecule has 0 atom stereocenters. The van der Waals surface area contributed by atoms with Gasteiger partial charge >= 0.3 is 0 Å². The van der Waals surface area contributed by atoms with Crippen LogP contribution in [0.15, 0.2) is 40.8 Å². The first-order valence-electron chi connectivity index (χ1n) is 9.31. The Bertz CT molecular complexity index is 782. The summed E-state index contributed by atoms with van der Waals surface area (Å²) >= 11 is 0. The monoisotopic (exact) mass is 393 g/mol. The maximum Gasteiger partial charge on any atom is 0.243 e. The molecule has 1 fully saturated rings. The first-order valence-corrected chi connectivity index (χ1v) is 10.8. The van der Waals surface area contributed by atoms with Crippen LogP contribution < -0.4 is 15.4 Å². The van der Waals surface area contributed by atoms with Crippen LogP contribution in [0.2, 0.25) is 0 Å². The van der Waals surface area contributed by atoms with E-state index < -0.39 is 10.0 Å². The molecule has 1 amide bonds. The SMILES string of the molecule is COc1ccc(S(=O)(=O)N2CCC(C(=O)NCC3=CCNCC3)CC2)cc1. The average Bonchev–Trinajstić information content (AvgIpc) is 2.73. The quantitative estimate of drug-likeness (QED) is 0.708. The maximum atomic E-state index is 12.8. The van der Waals surface area contributed by atoms with Gasteiger partial charge in [-0.2, -0.15) is 4.31 Å². The third-order valence-electron chi connectivity index (χ3n) is 5.17. The number of amides is 1. The predicted molar refractivity (Wildman–Crippen MR) is 103 cm³/mol. The number of carbonyl (C=O) groups is 1. The van der Waals surface area contributed by atoms with Crippen LogP contribution in [0.25, 0.3) is 0 Å². The number of methoxy groups -OCH3 is 1. The van der Waals surface area contributed by atoms with Gasteiger partial charge < -0.3 is 15.4 Å². The van der Waals surface area contributed by atoms with Gasteiger partial charge in [0, 0.05) is 32.1 Å². The van der Waals surface area contributed by atoms with E-state index in [9.17, 15) is 13.2 Å². The fraction of sp³-hybridized carbons (Fsp3) is 0.526. The number of nitrogens with zero attached hydrogens (tertiary/aromatic N) is 1. The van der Waals surface area contributed by atoms with Gasteiger partial charge in [-0.05, 0) is 50.1 Å². The summed E-state index contributed by atoms with van der Waals surface area (Å²) in [5, 5.41) is 6.25. The Hall–Kier alpha value is -1.90. The van der Waals surface area contributed by atoms with Crippen molar-refractivity contribution in [3.63, 3.8) is 0 Å². The highest BCUT2D eigenvalue weighted by Crippen LogP contribution is 2.25. The van der Waals surface area contributed by atoms with E-state index in [-0.39, 0.29) is 16.7 Å². The van der Waals surface area contributed by atoms with Crippen LogP contribution in [0.3, 0.4) is 0 Å². The lowest BCUT2D eigenvalue weighted by molar-refractivity contribution is -0.125. The van der Waals surface area contributed by atoms with E-state index in [0.717, 1.165) is 19.5 Å². The molecule has 2 N–H and O–H groups in total. The van der Waals surface area contributed by atoms with Crippen LogP contribution in [-0.2, 0) is 14.8 Å². The predicted octanol–water partition coefficient (Wildman–Crippen LogP) is 1.13. The highest BCUT2D eigenvalue weighted by atomic mass is 32.2. The molecule has 0 unspecified atom stereocenters. The topological polar surface area (TPSA) is 87.7 Å². The minimum Gasteiger partial charge on any atom is -0.497 e. The van der Waals surface area contributed by atoms with Crippen LogP contribution in [0.5, 0.6) is 5.75 Å². The standard InChI is InChI=1S/C19H27N3O4S/c1-26-17-2-4-18(5-3-17)27(24,25)22-12-8-16(9-13-22)19(23)21-14-15-6-10-20-11-7-15/h2-6,16,20H,7-14H2,1H3,(H,21,23). The molecule has 2 aliphatic heterocycles. The van der Waals surface area contributed by atoms with Gasteiger partial charge in [0.25, 0.3) is 0 Å². The Morgan fingerprint density at radius 2 is 1.96 bits per heavy atom. The fourth-order valence-electron chi connectivity index (χ4n) is 3.43. The minimum atomic E-state index is -3.54. The van der Waals surface area contributed by atoms with E-state index >= 15 is 0 Å². The number of carbonyl (C=O) groups excluding carboxylic acids is 1. The van der Waals surface area contributed by atoms with Crippen LogP contribution in [0.4, 0.5) is 0 Å². The van der Waals surface area contributed by atoms with Crippen molar-refractivity contribution in [2.24, 2.45) is 5.92 Å². The van der Waals surface area contributed by atoms with Gasteiger partial charge in [0.2, 0.25) is 15.9 Å². The van der Waals surface area contributed by atoms with Gasteiger partial charge in [-0.1, -0.05) is 11.6 Å². The average molecular weight is 394 g/mol. The lowest BCUT2D eigenvalue weighted by Crippen LogP contribution is -2.43. The number of benzene rings is 1. The molecule has 0 radical (unpaired) electrons. The molecule has 3 rings (SSSR count). The molecular weight excluding hydrogens is 366 g/mol. The van der Waals surface area contributed by atoms with E-state index in [1.165, 1.54) is 9.88 Å². The number of ether oxygens (including phenoxy) is 1. The molecule has 8 heteroatoms. The fourth-order valence-corrected chi connectivity index (χ4v) is 4.90. The number of piperidine rings is 1. The molecule has 27 heavy (non-hydrogen) atoms.